The number of benzene rings is 2. The molecule has 2 aromatic carbocycles. The lowest BCUT2D eigenvalue weighted by Gasteiger charge is -2.21. The van der Waals surface area contributed by atoms with Gasteiger partial charge in [-0.1, -0.05) is 12.1 Å². The molecule has 8 nitrogen and oxygen atoms in total. The Morgan fingerprint density at radius 2 is 1.00 bits per heavy atom. The van der Waals surface area contributed by atoms with E-state index >= 15 is 0 Å². The fourth-order valence-corrected chi connectivity index (χ4v) is 3.33. The van der Waals surface area contributed by atoms with Crippen LogP contribution in [0.4, 0.5) is 0 Å². The predicted molar refractivity (Wildman–Crippen MR) is 109 cm³/mol. The lowest BCUT2D eigenvalue weighted by molar-refractivity contribution is -0.153. The molecule has 0 bridgehead atoms. The van der Waals surface area contributed by atoms with Crippen molar-refractivity contribution in [2.75, 3.05) is 28.4 Å². The Labute approximate surface area is 175 Å². The topological polar surface area (TPSA) is 112 Å². The number of hydrogen-bond acceptors (Lipinski definition) is 6. The van der Waals surface area contributed by atoms with Gasteiger partial charge in [0.05, 0.1) is 40.3 Å². The molecule has 0 radical (unpaired) electrons. The summed E-state index contributed by atoms with van der Waals surface area (Å²) in [4.78, 5) is 24.0. The van der Waals surface area contributed by atoms with Crippen molar-refractivity contribution >= 4 is 11.9 Å². The zero-order valence-electron chi connectivity index (χ0n) is 17.4. The Morgan fingerprint density at radius 3 is 1.27 bits per heavy atom. The Kier molecular flexibility index (Phi) is 7.91. The molecule has 0 aliphatic heterocycles. The van der Waals surface area contributed by atoms with Crippen LogP contribution in [-0.4, -0.2) is 50.6 Å². The van der Waals surface area contributed by atoms with Gasteiger partial charge in [0, 0.05) is 0 Å². The number of carbonyl (C=O) groups is 2. The van der Waals surface area contributed by atoms with Crippen LogP contribution in [0.3, 0.4) is 0 Å². The molecule has 8 heteroatoms. The molecule has 162 valence electrons. The molecule has 0 aliphatic rings. The van der Waals surface area contributed by atoms with Crippen LogP contribution in [0.5, 0.6) is 23.0 Å². The van der Waals surface area contributed by atoms with Gasteiger partial charge in [-0.25, -0.2) is 0 Å². The van der Waals surface area contributed by atoms with Crippen molar-refractivity contribution in [3.05, 3.63) is 47.5 Å². The summed E-state index contributed by atoms with van der Waals surface area (Å²) in [5.74, 6) is -2.74. The maximum atomic E-state index is 12.0. The van der Waals surface area contributed by atoms with Crippen molar-refractivity contribution < 1.29 is 38.7 Å². The summed E-state index contributed by atoms with van der Waals surface area (Å²) in [7, 11) is 5.96. The summed E-state index contributed by atoms with van der Waals surface area (Å²) >= 11 is 0. The zero-order valence-corrected chi connectivity index (χ0v) is 17.4. The monoisotopic (exact) mass is 418 g/mol. The highest BCUT2D eigenvalue weighted by atomic mass is 16.5. The van der Waals surface area contributed by atoms with Crippen molar-refractivity contribution in [2.24, 2.45) is 11.8 Å². The minimum absolute atomic E-state index is 0.0277. The van der Waals surface area contributed by atoms with E-state index in [9.17, 15) is 19.8 Å². The van der Waals surface area contributed by atoms with Crippen LogP contribution in [0.2, 0.25) is 0 Å². The van der Waals surface area contributed by atoms with Gasteiger partial charge >= 0.3 is 11.9 Å². The minimum Gasteiger partial charge on any atom is -0.493 e. The van der Waals surface area contributed by atoms with Gasteiger partial charge in [0.15, 0.2) is 23.0 Å². The average Bonchev–Trinajstić information content (AvgIpc) is 2.75. The van der Waals surface area contributed by atoms with Crippen LogP contribution in [0.25, 0.3) is 0 Å². The Bertz CT molecular complexity index is 819. The molecule has 0 saturated carbocycles. The van der Waals surface area contributed by atoms with Crippen LogP contribution in [-0.2, 0) is 22.4 Å². The van der Waals surface area contributed by atoms with Gasteiger partial charge in [-0.3, -0.25) is 9.59 Å². The van der Waals surface area contributed by atoms with Gasteiger partial charge in [0.1, 0.15) is 0 Å². The number of aliphatic carboxylic acids is 2. The van der Waals surface area contributed by atoms with Crippen LogP contribution in [0, 0.1) is 11.8 Å². The van der Waals surface area contributed by atoms with E-state index in [4.69, 9.17) is 18.9 Å². The van der Waals surface area contributed by atoms with Crippen molar-refractivity contribution in [1.82, 2.24) is 0 Å². The van der Waals surface area contributed by atoms with E-state index in [2.05, 4.69) is 0 Å². The van der Waals surface area contributed by atoms with Crippen molar-refractivity contribution in [3.8, 4) is 23.0 Å². The first-order chi connectivity index (χ1) is 14.3. The maximum Gasteiger partial charge on any atom is 0.307 e. The molecule has 0 aliphatic carbocycles. The zero-order chi connectivity index (χ0) is 22.3. The normalized spacial score (nSPS) is 12.5. The summed E-state index contributed by atoms with van der Waals surface area (Å²) in [6, 6.07) is 10.0. The molecular formula is C22H26O8. The van der Waals surface area contributed by atoms with Gasteiger partial charge in [-0.05, 0) is 48.2 Å². The molecule has 2 rings (SSSR count). The molecule has 30 heavy (non-hydrogen) atoms. The Balaban J connectivity index is 2.33. The first-order valence-electron chi connectivity index (χ1n) is 9.22. The van der Waals surface area contributed by atoms with Gasteiger partial charge in [0.2, 0.25) is 0 Å². The Hall–Kier alpha value is -3.42. The van der Waals surface area contributed by atoms with E-state index in [1.165, 1.54) is 28.4 Å². The number of ether oxygens (including phenoxy) is 4. The molecule has 0 spiro atoms. The second-order valence-electron chi connectivity index (χ2n) is 6.68. The fraction of sp³-hybridized carbons (Fsp3) is 0.364. The molecular weight excluding hydrogens is 392 g/mol. The number of methoxy groups -OCH3 is 4. The van der Waals surface area contributed by atoms with Gasteiger partial charge < -0.3 is 29.2 Å². The van der Waals surface area contributed by atoms with Crippen molar-refractivity contribution in [3.63, 3.8) is 0 Å². The SMILES string of the molecule is COc1ccc(C[C@@H](C(=O)O)[C@@H](Cc2ccc(OC)c(OC)c2)C(=O)O)cc1OC. The maximum absolute atomic E-state index is 12.0. The van der Waals surface area contributed by atoms with Gasteiger partial charge in [0.25, 0.3) is 0 Å². The highest BCUT2D eigenvalue weighted by Gasteiger charge is 2.34. The van der Waals surface area contributed by atoms with Crippen molar-refractivity contribution in [2.45, 2.75) is 12.8 Å². The molecule has 0 fully saturated rings. The van der Waals surface area contributed by atoms with Crippen LogP contribution >= 0.6 is 0 Å². The van der Waals surface area contributed by atoms with E-state index in [0.29, 0.717) is 34.1 Å². The van der Waals surface area contributed by atoms with E-state index in [-0.39, 0.29) is 12.8 Å². The molecule has 0 heterocycles. The largest absolute Gasteiger partial charge is 0.493 e. The third-order valence-corrected chi connectivity index (χ3v) is 4.93. The highest BCUT2D eigenvalue weighted by Crippen LogP contribution is 2.32. The molecule has 0 unspecified atom stereocenters. The number of hydrogen-bond donors (Lipinski definition) is 2. The summed E-state index contributed by atoms with van der Waals surface area (Å²) in [6.45, 7) is 0. The molecule has 0 saturated heterocycles. The third-order valence-electron chi connectivity index (χ3n) is 4.93. The highest BCUT2D eigenvalue weighted by molar-refractivity contribution is 5.80. The summed E-state index contributed by atoms with van der Waals surface area (Å²) in [6.07, 6.45) is 0.0554. The fourth-order valence-electron chi connectivity index (χ4n) is 3.33. The van der Waals surface area contributed by atoms with Gasteiger partial charge in [-0.2, -0.15) is 0 Å². The predicted octanol–water partition coefficient (Wildman–Crippen LogP) is 2.91. The van der Waals surface area contributed by atoms with Crippen LogP contribution < -0.4 is 18.9 Å². The van der Waals surface area contributed by atoms with Crippen molar-refractivity contribution in [1.29, 1.82) is 0 Å². The number of carboxylic acids is 2. The number of carboxylic acid groups (broad SMARTS) is 2. The number of rotatable bonds is 11. The minimum atomic E-state index is -1.18. The Morgan fingerprint density at radius 1 is 0.667 bits per heavy atom. The van der Waals surface area contributed by atoms with Crippen LogP contribution in [0.1, 0.15) is 11.1 Å². The summed E-state index contributed by atoms with van der Waals surface area (Å²) in [5.41, 5.74) is 1.28. The first kappa shape index (κ1) is 22.9. The van der Waals surface area contributed by atoms with E-state index in [1.54, 1.807) is 36.4 Å². The first-order valence-corrected chi connectivity index (χ1v) is 9.22. The molecule has 2 aromatic rings. The standard InChI is InChI=1S/C22H26O8/c1-27-17-7-5-13(11-19(17)29-3)9-15(21(23)24)16(22(25)26)10-14-6-8-18(28-2)20(12-14)30-4/h5-8,11-12,15-16H,9-10H2,1-4H3,(H,23,24)(H,25,26)/t15-,16-/m1/s1. The smallest absolute Gasteiger partial charge is 0.307 e. The van der Waals surface area contributed by atoms with E-state index in [1.807, 2.05) is 0 Å². The second kappa shape index (κ2) is 10.4. The lowest BCUT2D eigenvalue weighted by Crippen LogP contribution is -2.33. The lowest BCUT2D eigenvalue weighted by atomic mass is 9.82. The average molecular weight is 418 g/mol. The van der Waals surface area contributed by atoms with E-state index < -0.39 is 23.8 Å². The third kappa shape index (κ3) is 5.34. The summed E-state index contributed by atoms with van der Waals surface area (Å²) in [5, 5.41) is 19.6. The van der Waals surface area contributed by atoms with Gasteiger partial charge in [-0.15, -0.1) is 0 Å². The second-order valence-corrected chi connectivity index (χ2v) is 6.68. The summed E-state index contributed by atoms with van der Waals surface area (Å²) < 4.78 is 20.9. The molecule has 2 atom stereocenters. The van der Waals surface area contributed by atoms with Crippen LogP contribution in [0.15, 0.2) is 36.4 Å². The molecule has 2 N–H and O–H groups in total. The molecule has 0 amide bonds. The quantitative estimate of drug-likeness (QED) is 0.573. The molecule has 0 aromatic heterocycles. The van der Waals surface area contributed by atoms with E-state index in [0.717, 1.165) is 0 Å².